The van der Waals surface area contributed by atoms with Gasteiger partial charge in [-0.1, -0.05) is 12.2 Å². The lowest BCUT2D eigenvalue weighted by Crippen LogP contribution is -2.53. The molecule has 0 fully saturated rings. The molecule has 0 saturated heterocycles. The Hall–Kier alpha value is -1.29. The maximum absolute atomic E-state index is 10.8. The molecule has 1 heterocycles. The van der Waals surface area contributed by atoms with Gasteiger partial charge in [-0.3, -0.25) is 4.79 Å². The van der Waals surface area contributed by atoms with Gasteiger partial charge in [0.2, 0.25) is 5.72 Å². The first kappa shape index (κ1) is 8.80. The van der Waals surface area contributed by atoms with E-state index in [1.165, 1.54) is 11.8 Å². The van der Waals surface area contributed by atoms with Crippen LogP contribution >= 0.6 is 0 Å². The van der Waals surface area contributed by atoms with Crippen LogP contribution in [-0.4, -0.2) is 28.2 Å². The molecule has 0 aromatic rings. The summed E-state index contributed by atoms with van der Waals surface area (Å²) < 4.78 is 0. The quantitative estimate of drug-likeness (QED) is 0.587. The van der Waals surface area contributed by atoms with Crippen molar-refractivity contribution in [2.24, 2.45) is 5.73 Å². The zero-order valence-electron chi connectivity index (χ0n) is 6.90. The molecule has 4 nitrogen and oxygen atoms in total. The van der Waals surface area contributed by atoms with E-state index in [0.717, 1.165) is 0 Å². The maximum atomic E-state index is 10.8. The van der Waals surface area contributed by atoms with Gasteiger partial charge in [0.15, 0.2) is 0 Å². The van der Waals surface area contributed by atoms with Crippen molar-refractivity contribution in [2.75, 3.05) is 6.54 Å². The molecule has 0 spiro atoms. The van der Waals surface area contributed by atoms with E-state index in [9.17, 15) is 9.90 Å². The molecule has 1 unspecified atom stereocenters. The molecule has 1 atom stereocenters. The number of hydrogen-bond donors (Lipinski definition) is 2. The summed E-state index contributed by atoms with van der Waals surface area (Å²) in [6.45, 7) is 1.87. The molecule has 1 amide bonds. The summed E-state index contributed by atoms with van der Waals surface area (Å²) in [5.41, 5.74) is 3.42. The monoisotopic (exact) mass is 168 g/mol. The fraction of sp³-hybridized carbons (Fsp3) is 0.375. The third-order valence-electron chi connectivity index (χ3n) is 1.84. The highest BCUT2D eigenvalue weighted by atomic mass is 16.3. The van der Waals surface area contributed by atoms with Crippen LogP contribution in [0.25, 0.3) is 0 Å². The van der Waals surface area contributed by atoms with Crippen LogP contribution in [0.2, 0.25) is 0 Å². The highest BCUT2D eigenvalue weighted by Gasteiger charge is 2.32. The lowest BCUT2D eigenvalue weighted by Gasteiger charge is -2.33. The molecule has 1 aliphatic heterocycles. The van der Waals surface area contributed by atoms with Crippen molar-refractivity contribution in [2.45, 2.75) is 12.6 Å². The topological polar surface area (TPSA) is 66.6 Å². The Labute approximate surface area is 71.0 Å². The number of hydrogen-bond acceptors (Lipinski definition) is 3. The van der Waals surface area contributed by atoms with E-state index >= 15 is 0 Å². The fourth-order valence-corrected chi connectivity index (χ4v) is 0.932. The zero-order valence-corrected chi connectivity index (χ0v) is 6.90. The summed E-state index contributed by atoms with van der Waals surface area (Å²) in [6, 6.07) is 0. The predicted octanol–water partition coefficient (Wildman–Crippen LogP) is -0.434. The number of nitrogens with two attached hydrogens (primary N) is 1. The number of carbonyl (C=O) groups excluding carboxylic acids is 1. The standard InChI is InChI=1S/C8H12N2O2/c1-8(12,7(9)11)10-5-3-2-4-6-10/h2-5,12H,6H2,1H3,(H2,9,11). The molecule has 0 bridgehead atoms. The van der Waals surface area contributed by atoms with E-state index in [1.54, 1.807) is 12.3 Å². The van der Waals surface area contributed by atoms with Gasteiger partial charge in [-0.15, -0.1) is 0 Å². The zero-order chi connectivity index (χ0) is 9.19. The lowest BCUT2D eigenvalue weighted by atomic mass is 10.2. The second kappa shape index (κ2) is 2.98. The third-order valence-corrected chi connectivity index (χ3v) is 1.84. The van der Waals surface area contributed by atoms with E-state index in [0.29, 0.717) is 6.54 Å². The normalized spacial score (nSPS) is 20.7. The molecule has 0 aromatic carbocycles. The smallest absolute Gasteiger partial charge is 0.270 e. The van der Waals surface area contributed by atoms with Gasteiger partial charge in [0.1, 0.15) is 0 Å². The van der Waals surface area contributed by atoms with E-state index in [4.69, 9.17) is 5.73 Å². The Morgan fingerprint density at radius 1 is 1.67 bits per heavy atom. The lowest BCUT2D eigenvalue weighted by molar-refractivity contribution is -0.149. The number of amides is 1. The van der Waals surface area contributed by atoms with E-state index < -0.39 is 11.6 Å². The molecule has 3 N–H and O–H groups in total. The number of allylic oxidation sites excluding steroid dienone is 2. The molecular formula is C8H12N2O2. The molecule has 1 aliphatic rings. The first-order valence-corrected chi connectivity index (χ1v) is 3.67. The van der Waals surface area contributed by atoms with Gasteiger partial charge < -0.3 is 15.7 Å². The van der Waals surface area contributed by atoms with Crippen molar-refractivity contribution in [3.8, 4) is 0 Å². The molecule has 0 aromatic heterocycles. The van der Waals surface area contributed by atoms with Crippen molar-refractivity contribution in [1.29, 1.82) is 0 Å². The number of nitrogens with zero attached hydrogens (tertiary/aromatic N) is 1. The van der Waals surface area contributed by atoms with Gasteiger partial charge >= 0.3 is 0 Å². The maximum Gasteiger partial charge on any atom is 0.270 e. The predicted molar refractivity (Wildman–Crippen MR) is 44.8 cm³/mol. The molecule has 1 rings (SSSR count). The molecule has 66 valence electrons. The Balaban J connectivity index is 2.75. The number of primary amides is 1. The number of carbonyl (C=O) groups is 1. The first-order chi connectivity index (χ1) is 5.55. The van der Waals surface area contributed by atoms with Crippen molar-refractivity contribution in [3.63, 3.8) is 0 Å². The largest absolute Gasteiger partial charge is 0.365 e. The van der Waals surface area contributed by atoms with Crippen LogP contribution in [-0.2, 0) is 4.79 Å². The van der Waals surface area contributed by atoms with E-state index in [-0.39, 0.29) is 0 Å². The summed E-state index contributed by atoms with van der Waals surface area (Å²) in [4.78, 5) is 12.3. The summed E-state index contributed by atoms with van der Waals surface area (Å²) in [5, 5.41) is 9.58. The molecule has 0 radical (unpaired) electrons. The minimum Gasteiger partial charge on any atom is -0.365 e. The average molecular weight is 168 g/mol. The summed E-state index contributed by atoms with van der Waals surface area (Å²) in [5.74, 6) is -0.748. The van der Waals surface area contributed by atoms with Gasteiger partial charge in [0.25, 0.3) is 5.91 Å². The Bertz CT molecular complexity index is 243. The van der Waals surface area contributed by atoms with Crippen LogP contribution in [0, 0.1) is 0 Å². The minimum atomic E-state index is -1.60. The molecule has 12 heavy (non-hydrogen) atoms. The number of rotatable bonds is 2. The van der Waals surface area contributed by atoms with Crippen LogP contribution in [0.1, 0.15) is 6.92 Å². The second-order valence-electron chi connectivity index (χ2n) is 2.81. The second-order valence-corrected chi connectivity index (χ2v) is 2.81. The van der Waals surface area contributed by atoms with Gasteiger partial charge in [0.05, 0.1) is 0 Å². The van der Waals surface area contributed by atoms with Crippen LogP contribution in [0.4, 0.5) is 0 Å². The van der Waals surface area contributed by atoms with Gasteiger partial charge in [-0.05, 0) is 13.0 Å². The Kier molecular flexibility index (Phi) is 2.19. The highest BCUT2D eigenvalue weighted by molar-refractivity contribution is 5.82. The van der Waals surface area contributed by atoms with Crippen LogP contribution in [0.5, 0.6) is 0 Å². The summed E-state index contributed by atoms with van der Waals surface area (Å²) in [6.07, 6.45) is 7.04. The first-order valence-electron chi connectivity index (χ1n) is 3.67. The van der Waals surface area contributed by atoms with Crippen molar-refractivity contribution in [1.82, 2.24) is 4.90 Å². The van der Waals surface area contributed by atoms with Crippen molar-refractivity contribution >= 4 is 5.91 Å². The summed E-state index contributed by atoms with van der Waals surface area (Å²) >= 11 is 0. The minimum absolute atomic E-state index is 0.492. The van der Waals surface area contributed by atoms with E-state index in [1.807, 2.05) is 12.2 Å². The SMILES string of the molecule is CC(O)(C(N)=O)N1C=CC=CC1. The van der Waals surface area contributed by atoms with Crippen molar-refractivity contribution < 1.29 is 9.90 Å². The van der Waals surface area contributed by atoms with Gasteiger partial charge in [-0.25, -0.2) is 0 Å². The molecule has 4 heteroatoms. The van der Waals surface area contributed by atoms with Crippen LogP contribution < -0.4 is 5.73 Å². The van der Waals surface area contributed by atoms with Crippen molar-refractivity contribution in [3.05, 3.63) is 24.4 Å². The molecular weight excluding hydrogens is 156 g/mol. The molecule has 0 aliphatic carbocycles. The average Bonchev–Trinajstić information content (AvgIpc) is 2.06. The van der Waals surface area contributed by atoms with E-state index in [2.05, 4.69) is 0 Å². The molecule has 0 saturated carbocycles. The summed E-state index contributed by atoms with van der Waals surface area (Å²) in [7, 11) is 0. The number of aliphatic hydroxyl groups is 1. The fourth-order valence-electron chi connectivity index (χ4n) is 0.932. The van der Waals surface area contributed by atoms with Crippen LogP contribution in [0.15, 0.2) is 24.4 Å². The van der Waals surface area contributed by atoms with Gasteiger partial charge in [0, 0.05) is 12.7 Å². The third kappa shape index (κ3) is 1.48. The van der Waals surface area contributed by atoms with Gasteiger partial charge in [-0.2, -0.15) is 0 Å². The Morgan fingerprint density at radius 2 is 2.33 bits per heavy atom. The van der Waals surface area contributed by atoms with Crippen LogP contribution in [0.3, 0.4) is 0 Å². The highest BCUT2D eigenvalue weighted by Crippen LogP contribution is 2.13. The Morgan fingerprint density at radius 3 is 2.75 bits per heavy atom.